The van der Waals surface area contributed by atoms with E-state index in [9.17, 15) is 4.79 Å². The van der Waals surface area contributed by atoms with Crippen LogP contribution in [0.3, 0.4) is 0 Å². The number of nitrogens with zero attached hydrogens (tertiary/aromatic N) is 3. The first-order chi connectivity index (χ1) is 12.0. The number of pyridine rings is 1. The third-order valence-electron chi connectivity index (χ3n) is 4.97. The van der Waals surface area contributed by atoms with Crippen LogP contribution in [0.2, 0.25) is 0 Å². The summed E-state index contributed by atoms with van der Waals surface area (Å²) in [6.07, 6.45) is 5.64. The SMILES string of the molecule is CC(C)=CCn1c(C)c(C)c2ccnc(OCCN3CCCC3=O)c21.Cl. The van der Waals surface area contributed by atoms with E-state index in [-0.39, 0.29) is 18.3 Å². The van der Waals surface area contributed by atoms with Crippen molar-refractivity contribution in [3.8, 4) is 5.88 Å². The van der Waals surface area contributed by atoms with Gasteiger partial charge in [0.25, 0.3) is 0 Å². The van der Waals surface area contributed by atoms with Crippen LogP contribution in [-0.2, 0) is 11.3 Å². The van der Waals surface area contributed by atoms with Crippen LogP contribution in [0.15, 0.2) is 23.9 Å². The molecule has 1 saturated heterocycles. The van der Waals surface area contributed by atoms with E-state index in [1.165, 1.54) is 22.2 Å². The molecule has 26 heavy (non-hydrogen) atoms. The minimum absolute atomic E-state index is 0. The van der Waals surface area contributed by atoms with Gasteiger partial charge >= 0.3 is 0 Å². The molecular formula is C20H28ClN3O2. The second-order valence-electron chi connectivity index (χ2n) is 6.95. The highest BCUT2D eigenvalue weighted by atomic mass is 35.5. The van der Waals surface area contributed by atoms with E-state index in [2.05, 4.69) is 43.3 Å². The van der Waals surface area contributed by atoms with Crippen LogP contribution >= 0.6 is 12.4 Å². The summed E-state index contributed by atoms with van der Waals surface area (Å²) >= 11 is 0. The Hall–Kier alpha value is -2.01. The van der Waals surface area contributed by atoms with Gasteiger partial charge < -0.3 is 14.2 Å². The lowest BCUT2D eigenvalue weighted by atomic mass is 10.2. The predicted molar refractivity (Wildman–Crippen MR) is 107 cm³/mol. The Morgan fingerprint density at radius 3 is 2.77 bits per heavy atom. The van der Waals surface area contributed by atoms with E-state index in [0.717, 1.165) is 25.0 Å². The molecule has 0 atom stereocenters. The van der Waals surface area contributed by atoms with Gasteiger partial charge in [-0.3, -0.25) is 4.79 Å². The smallest absolute Gasteiger partial charge is 0.238 e. The molecule has 0 radical (unpaired) electrons. The molecule has 142 valence electrons. The third kappa shape index (κ3) is 4.04. The number of amides is 1. The van der Waals surface area contributed by atoms with Gasteiger partial charge in [0.05, 0.1) is 6.54 Å². The zero-order valence-corrected chi connectivity index (χ0v) is 16.9. The highest BCUT2D eigenvalue weighted by molar-refractivity contribution is 5.89. The molecular weight excluding hydrogens is 350 g/mol. The Morgan fingerprint density at radius 1 is 1.35 bits per heavy atom. The molecule has 0 aliphatic carbocycles. The highest BCUT2D eigenvalue weighted by Crippen LogP contribution is 2.31. The first-order valence-corrected chi connectivity index (χ1v) is 8.97. The molecule has 2 aromatic heterocycles. The van der Waals surface area contributed by atoms with E-state index in [1.54, 1.807) is 6.20 Å². The summed E-state index contributed by atoms with van der Waals surface area (Å²) in [7, 11) is 0. The molecule has 1 aliphatic rings. The number of fused-ring (bicyclic) bond motifs is 1. The second kappa shape index (κ2) is 8.58. The fourth-order valence-corrected chi connectivity index (χ4v) is 3.36. The average molecular weight is 378 g/mol. The number of likely N-dealkylation sites (tertiary alicyclic amines) is 1. The standard InChI is InChI=1S/C20H27N3O2.ClH/c1-14(2)8-11-23-16(4)15(3)17-7-9-21-20(19(17)23)25-13-12-22-10-5-6-18(22)24;/h7-9H,5-6,10-13H2,1-4H3;1H. The number of hydrogen-bond acceptors (Lipinski definition) is 3. The molecule has 1 amide bonds. The summed E-state index contributed by atoms with van der Waals surface area (Å²) < 4.78 is 8.26. The fraction of sp³-hybridized carbons (Fsp3) is 0.500. The van der Waals surface area contributed by atoms with Crippen LogP contribution < -0.4 is 4.74 Å². The van der Waals surface area contributed by atoms with Crippen molar-refractivity contribution in [1.82, 2.24) is 14.5 Å². The van der Waals surface area contributed by atoms with E-state index in [1.807, 2.05) is 11.0 Å². The van der Waals surface area contributed by atoms with Crippen molar-refractivity contribution in [3.05, 3.63) is 35.2 Å². The fourth-order valence-electron chi connectivity index (χ4n) is 3.36. The van der Waals surface area contributed by atoms with Gasteiger partial charge in [-0.2, -0.15) is 0 Å². The Balaban J connectivity index is 0.00000243. The number of ether oxygens (including phenoxy) is 1. The Labute approximate surface area is 161 Å². The van der Waals surface area contributed by atoms with Gasteiger partial charge in [0.2, 0.25) is 11.8 Å². The Kier molecular flexibility index (Phi) is 6.70. The maximum Gasteiger partial charge on any atom is 0.238 e. The van der Waals surface area contributed by atoms with Gasteiger partial charge in [-0.15, -0.1) is 12.4 Å². The van der Waals surface area contributed by atoms with E-state index in [0.29, 0.717) is 25.5 Å². The van der Waals surface area contributed by atoms with Crippen LogP contribution in [0.1, 0.15) is 37.9 Å². The lowest BCUT2D eigenvalue weighted by Gasteiger charge is -2.16. The highest BCUT2D eigenvalue weighted by Gasteiger charge is 2.20. The van der Waals surface area contributed by atoms with Crippen molar-refractivity contribution in [1.29, 1.82) is 0 Å². The maximum absolute atomic E-state index is 11.7. The molecule has 1 fully saturated rings. The van der Waals surface area contributed by atoms with Gasteiger partial charge in [-0.1, -0.05) is 11.6 Å². The zero-order valence-electron chi connectivity index (χ0n) is 16.0. The molecule has 0 unspecified atom stereocenters. The number of allylic oxidation sites excluding steroid dienone is 2. The van der Waals surface area contributed by atoms with Crippen molar-refractivity contribution in [3.63, 3.8) is 0 Å². The minimum atomic E-state index is 0. The van der Waals surface area contributed by atoms with Crippen molar-refractivity contribution < 1.29 is 9.53 Å². The maximum atomic E-state index is 11.7. The number of rotatable bonds is 6. The number of halogens is 1. The topological polar surface area (TPSA) is 47.4 Å². The summed E-state index contributed by atoms with van der Waals surface area (Å²) in [4.78, 5) is 18.1. The van der Waals surface area contributed by atoms with E-state index < -0.39 is 0 Å². The summed E-state index contributed by atoms with van der Waals surface area (Å²) in [5.74, 6) is 0.885. The van der Waals surface area contributed by atoms with Crippen molar-refractivity contribution in [2.45, 2.75) is 47.1 Å². The quantitative estimate of drug-likeness (QED) is 0.713. The van der Waals surface area contributed by atoms with E-state index in [4.69, 9.17) is 4.74 Å². The monoisotopic (exact) mass is 377 g/mol. The van der Waals surface area contributed by atoms with Crippen LogP contribution in [0, 0.1) is 13.8 Å². The first kappa shape index (κ1) is 20.3. The van der Waals surface area contributed by atoms with E-state index >= 15 is 0 Å². The normalized spacial score (nSPS) is 13.8. The number of hydrogen-bond donors (Lipinski definition) is 0. The van der Waals surface area contributed by atoms with Gasteiger partial charge in [0, 0.05) is 36.8 Å². The lowest BCUT2D eigenvalue weighted by molar-refractivity contribution is -0.128. The van der Waals surface area contributed by atoms with Crippen LogP contribution in [0.5, 0.6) is 5.88 Å². The van der Waals surface area contributed by atoms with Gasteiger partial charge in [0.15, 0.2) is 0 Å². The molecule has 3 heterocycles. The number of carbonyl (C=O) groups is 1. The average Bonchev–Trinajstić information content (AvgIpc) is 3.09. The van der Waals surface area contributed by atoms with Crippen LogP contribution in [-0.4, -0.2) is 40.1 Å². The lowest BCUT2D eigenvalue weighted by Crippen LogP contribution is -2.29. The molecule has 0 N–H and O–H groups in total. The Bertz CT molecular complexity index is 822. The molecule has 1 aliphatic heterocycles. The van der Waals surface area contributed by atoms with Crippen molar-refractivity contribution >= 4 is 29.2 Å². The minimum Gasteiger partial charge on any atom is -0.474 e. The second-order valence-corrected chi connectivity index (χ2v) is 6.95. The van der Waals surface area contributed by atoms with Crippen LogP contribution in [0.25, 0.3) is 10.9 Å². The van der Waals surface area contributed by atoms with Gasteiger partial charge in [0.1, 0.15) is 12.1 Å². The molecule has 0 bridgehead atoms. The molecule has 0 saturated carbocycles. The first-order valence-electron chi connectivity index (χ1n) is 8.97. The summed E-state index contributed by atoms with van der Waals surface area (Å²) in [6, 6.07) is 2.05. The largest absolute Gasteiger partial charge is 0.474 e. The molecule has 5 nitrogen and oxygen atoms in total. The molecule has 0 aromatic carbocycles. The predicted octanol–water partition coefficient (Wildman–Crippen LogP) is 4.04. The van der Waals surface area contributed by atoms with Crippen molar-refractivity contribution in [2.24, 2.45) is 0 Å². The number of aryl methyl sites for hydroxylation is 1. The summed E-state index contributed by atoms with van der Waals surface area (Å²) in [6.45, 7) is 11.3. The van der Waals surface area contributed by atoms with Gasteiger partial charge in [-0.25, -0.2) is 4.98 Å². The summed E-state index contributed by atoms with van der Waals surface area (Å²) in [5, 5.41) is 1.18. The number of aromatic nitrogens is 2. The Morgan fingerprint density at radius 2 is 2.12 bits per heavy atom. The van der Waals surface area contributed by atoms with Gasteiger partial charge in [-0.05, 0) is 45.7 Å². The molecule has 3 rings (SSSR count). The number of carbonyl (C=O) groups excluding carboxylic acids is 1. The molecule has 6 heteroatoms. The third-order valence-corrected chi connectivity index (χ3v) is 4.97. The van der Waals surface area contributed by atoms with Crippen LogP contribution in [0.4, 0.5) is 0 Å². The zero-order chi connectivity index (χ0) is 18.0. The molecule has 2 aromatic rings. The molecule has 0 spiro atoms. The summed E-state index contributed by atoms with van der Waals surface area (Å²) in [5.41, 5.74) is 4.83. The van der Waals surface area contributed by atoms with Crippen molar-refractivity contribution in [2.75, 3.05) is 19.7 Å².